The summed E-state index contributed by atoms with van der Waals surface area (Å²) >= 11 is 0. The Labute approximate surface area is 200 Å². The Morgan fingerprint density at radius 1 is 1.14 bits per heavy atom. The number of aromatic amines is 1. The number of fused-ring (bicyclic) bond motifs is 6. The molecule has 2 bridgehead atoms. The fourth-order valence-corrected chi connectivity index (χ4v) is 6.21. The molecule has 2 atom stereocenters. The van der Waals surface area contributed by atoms with Gasteiger partial charge in [0.1, 0.15) is 5.75 Å². The first kappa shape index (κ1) is 24.3. The third kappa shape index (κ3) is 4.85. The summed E-state index contributed by atoms with van der Waals surface area (Å²) in [5.41, 5.74) is -3.67. The zero-order valence-electron chi connectivity index (χ0n) is 18.9. The van der Waals surface area contributed by atoms with Crippen molar-refractivity contribution in [2.75, 3.05) is 19.8 Å². The lowest BCUT2D eigenvalue weighted by Gasteiger charge is -2.42. The molecule has 6 rings (SSSR count). The van der Waals surface area contributed by atoms with Gasteiger partial charge in [-0.2, -0.15) is 18.3 Å². The molecule has 2 fully saturated rings. The fraction of sp³-hybridized carbons (Fsp3) is 0.636. The molecular weight excluding hydrogens is 489 g/mol. The van der Waals surface area contributed by atoms with E-state index in [1.807, 2.05) is 12.1 Å². The lowest BCUT2D eigenvalue weighted by molar-refractivity contribution is -0.140. The number of hydrogen-bond acceptors (Lipinski definition) is 6. The average Bonchev–Trinajstić information content (AvgIpc) is 3.27. The maximum Gasteiger partial charge on any atom is 0.511 e. The summed E-state index contributed by atoms with van der Waals surface area (Å²) in [5.74, 6) is 0.354. The summed E-state index contributed by atoms with van der Waals surface area (Å²) in [5, 5.41) is 7.92. The zero-order chi connectivity index (χ0) is 24.8. The highest BCUT2D eigenvalue weighted by Gasteiger charge is 2.49. The number of amides is 1. The number of sulfonamides is 1. The highest BCUT2D eigenvalue weighted by atomic mass is 32.2. The smallest absolute Gasteiger partial charge is 0.483 e. The number of alkyl halides is 3. The maximum atomic E-state index is 13.2. The van der Waals surface area contributed by atoms with Gasteiger partial charge in [-0.05, 0) is 56.1 Å². The molecule has 1 aliphatic carbocycles. The van der Waals surface area contributed by atoms with Gasteiger partial charge < -0.3 is 14.4 Å². The van der Waals surface area contributed by atoms with Crippen molar-refractivity contribution in [1.82, 2.24) is 19.8 Å². The van der Waals surface area contributed by atoms with Crippen molar-refractivity contribution < 1.29 is 35.9 Å². The molecule has 35 heavy (non-hydrogen) atoms. The molecule has 1 saturated heterocycles. The van der Waals surface area contributed by atoms with Gasteiger partial charge in [-0.3, -0.25) is 9.89 Å². The van der Waals surface area contributed by atoms with Crippen molar-refractivity contribution in [3.05, 3.63) is 23.9 Å². The molecular formula is C22H27F3N4O5S. The average molecular weight is 517 g/mol. The number of H-pyrrole nitrogens is 1. The first-order chi connectivity index (χ1) is 16.6. The van der Waals surface area contributed by atoms with Crippen molar-refractivity contribution in [2.45, 2.75) is 68.1 Å². The largest absolute Gasteiger partial charge is 0.511 e. The van der Waals surface area contributed by atoms with Crippen LogP contribution in [0.3, 0.4) is 0 Å². The Morgan fingerprint density at radius 2 is 1.91 bits per heavy atom. The molecule has 2 aromatic rings. The van der Waals surface area contributed by atoms with Gasteiger partial charge in [0.05, 0.1) is 30.5 Å². The summed E-state index contributed by atoms with van der Waals surface area (Å²) in [7, 11) is -5.57. The minimum Gasteiger partial charge on any atom is -0.483 e. The van der Waals surface area contributed by atoms with Crippen LogP contribution in [-0.4, -0.2) is 72.9 Å². The van der Waals surface area contributed by atoms with Crippen molar-refractivity contribution in [3.8, 4) is 5.75 Å². The molecule has 1 amide bonds. The molecule has 1 aromatic carbocycles. The molecule has 13 heteroatoms. The Kier molecular flexibility index (Phi) is 6.43. The molecule has 2 N–H and O–H groups in total. The summed E-state index contributed by atoms with van der Waals surface area (Å²) < 4.78 is 76.7. The Balaban J connectivity index is 1.45. The van der Waals surface area contributed by atoms with Gasteiger partial charge in [0.2, 0.25) is 0 Å². The SMILES string of the molecule is O=C1COc2cc3[nH]ncc3cc2C2CCC(CC2)OC[C@H]2[C@@H](NS(=O)(=O)C(F)(F)F)CCCN12. The van der Waals surface area contributed by atoms with Gasteiger partial charge in [-0.1, -0.05) is 0 Å². The number of benzene rings is 1. The first-order valence-electron chi connectivity index (χ1n) is 11.7. The second-order valence-corrected chi connectivity index (χ2v) is 11.1. The van der Waals surface area contributed by atoms with Gasteiger partial charge >= 0.3 is 15.5 Å². The van der Waals surface area contributed by atoms with Crippen LogP contribution in [0.2, 0.25) is 0 Å². The van der Waals surface area contributed by atoms with Crippen molar-refractivity contribution >= 4 is 26.8 Å². The van der Waals surface area contributed by atoms with Crippen molar-refractivity contribution in [1.29, 1.82) is 0 Å². The quantitative estimate of drug-likeness (QED) is 0.635. The number of hydrogen-bond donors (Lipinski definition) is 2. The van der Waals surface area contributed by atoms with Crippen molar-refractivity contribution in [3.63, 3.8) is 0 Å². The van der Waals surface area contributed by atoms with E-state index in [0.29, 0.717) is 12.2 Å². The fourth-order valence-electron chi connectivity index (χ4n) is 5.41. The molecule has 192 valence electrons. The lowest BCUT2D eigenvalue weighted by atomic mass is 9.82. The number of nitrogens with one attached hydrogen (secondary N) is 2. The number of halogens is 3. The van der Waals surface area contributed by atoms with Crippen LogP contribution in [0.25, 0.3) is 10.9 Å². The van der Waals surface area contributed by atoms with Crippen LogP contribution in [0.5, 0.6) is 5.75 Å². The molecule has 0 spiro atoms. The standard InChI is InChI=1S/C22H27F3N4O5S/c23-22(24,25)35(31,32)28-17-2-1-7-29-19(17)11-33-15-5-3-13(4-6-15)16-8-14-10-26-27-18(14)9-20(16)34-12-21(29)30/h8-10,13,15,17,19,28H,1-7,11-12H2,(H,26,27)/t13?,15?,17-,19-/m0/s1. The second-order valence-electron chi connectivity index (χ2n) is 9.41. The molecule has 0 radical (unpaired) electrons. The Bertz CT molecular complexity index is 1190. The second kappa shape index (κ2) is 9.25. The number of carbonyl (C=O) groups excluding carboxylic acids is 1. The van der Waals surface area contributed by atoms with Crippen LogP contribution in [0.1, 0.15) is 50.0 Å². The monoisotopic (exact) mass is 516 g/mol. The van der Waals surface area contributed by atoms with E-state index < -0.39 is 33.5 Å². The summed E-state index contributed by atoms with van der Waals surface area (Å²) in [6, 6.07) is 1.86. The van der Waals surface area contributed by atoms with E-state index in [-0.39, 0.29) is 38.2 Å². The van der Waals surface area contributed by atoms with Crippen LogP contribution >= 0.6 is 0 Å². The minimum absolute atomic E-state index is 0.0479. The van der Waals surface area contributed by atoms with Gasteiger partial charge in [0.15, 0.2) is 6.61 Å². The number of rotatable bonds is 2. The van der Waals surface area contributed by atoms with Gasteiger partial charge in [0.25, 0.3) is 5.91 Å². The molecule has 9 nitrogen and oxygen atoms in total. The molecule has 4 aliphatic rings. The van der Waals surface area contributed by atoms with E-state index in [1.165, 1.54) is 4.90 Å². The van der Waals surface area contributed by atoms with Gasteiger partial charge in [-0.25, -0.2) is 13.1 Å². The predicted octanol–water partition coefficient (Wildman–Crippen LogP) is 2.80. The van der Waals surface area contributed by atoms with E-state index in [1.54, 1.807) is 10.9 Å². The predicted molar refractivity (Wildman–Crippen MR) is 119 cm³/mol. The van der Waals surface area contributed by atoms with Gasteiger partial charge in [0, 0.05) is 24.0 Å². The van der Waals surface area contributed by atoms with E-state index >= 15 is 0 Å². The van der Waals surface area contributed by atoms with Crippen LogP contribution in [0.4, 0.5) is 13.2 Å². The molecule has 1 saturated carbocycles. The summed E-state index contributed by atoms with van der Waals surface area (Å²) in [6.07, 6.45) is 5.28. The summed E-state index contributed by atoms with van der Waals surface area (Å²) in [6.45, 7) is -0.0913. The number of nitrogens with zero attached hydrogens (tertiary/aromatic N) is 2. The Hall–Kier alpha value is -2.38. The Morgan fingerprint density at radius 3 is 2.66 bits per heavy atom. The maximum absolute atomic E-state index is 13.2. The van der Waals surface area contributed by atoms with Crippen LogP contribution < -0.4 is 9.46 Å². The molecule has 4 heterocycles. The van der Waals surface area contributed by atoms with Crippen molar-refractivity contribution in [2.24, 2.45) is 0 Å². The normalized spacial score (nSPS) is 28.4. The lowest BCUT2D eigenvalue weighted by Crippen LogP contribution is -2.60. The van der Waals surface area contributed by atoms with Crippen LogP contribution in [0.15, 0.2) is 18.3 Å². The molecule has 0 unspecified atom stereocenters. The van der Waals surface area contributed by atoms with E-state index in [4.69, 9.17) is 9.47 Å². The third-order valence-electron chi connectivity index (χ3n) is 7.25. The number of carbonyl (C=O) groups is 1. The summed E-state index contributed by atoms with van der Waals surface area (Å²) in [4.78, 5) is 14.6. The van der Waals surface area contributed by atoms with E-state index in [9.17, 15) is 26.4 Å². The van der Waals surface area contributed by atoms with E-state index in [2.05, 4.69) is 10.2 Å². The topological polar surface area (TPSA) is 114 Å². The zero-order valence-corrected chi connectivity index (χ0v) is 19.7. The number of piperidine rings is 1. The van der Waals surface area contributed by atoms with Crippen LogP contribution in [0, 0.1) is 0 Å². The van der Waals surface area contributed by atoms with E-state index in [0.717, 1.165) is 42.1 Å². The molecule has 3 aliphatic heterocycles. The molecule has 1 aromatic heterocycles. The highest BCUT2D eigenvalue weighted by molar-refractivity contribution is 7.90. The minimum atomic E-state index is -5.57. The third-order valence-corrected chi connectivity index (χ3v) is 8.47. The number of aromatic nitrogens is 2. The van der Waals surface area contributed by atoms with Gasteiger partial charge in [-0.15, -0.1) is 0 Å². The first-order valence-corrected chi connectivity index (χ1v) is 13.2. The highest BCUT2D eigenvalue weighted by Crippen LogP contribution is 2.40. The van der Waals surface area contributed by atoms with Crippen LogP contribution in [-0.2, 0) is 19.6 Å². The number of ether oxygens (including phenoxy) is 2.